The van der Waals surface area contributed by atoms with Crippen molar-refractivity contribution in [2.75, 3.05) is 39.3 Å². The first kappa shape index (κ1) is 16.9. The van der Waals surface area contributed by atoms with Crippen molar-refractivity contribution >= 4 is 5.96 Å². The Kier molecular flexibility index (Phi) is 6.77. The number of hydrogen-bond acceptors (Lipinski definition) is 3. The van der Waals surface area contributed by atoms with Gasteiger partial charge in [-0.2, -0.15) is 0 Å². The minimum atomic E-state index is 0.656. The molecule has 2 rings (SSSR count). The molecule has 22 heavy (non-hydrogen) atoms. The summed E-state index contributed by atoms with van der Waals surface area (Å²) in [7, 11) is 0. The van der Waals surface area contributed by atoms with Crippen LogP contribution in [0.25, 0.3) is 0 Å². The van der Waals surface area contributed by atoms with Gasteiger partial charge < -0.3 is 14.6 Å². The van der Waals surface area contributed by atoms with E-state index in [1.54, 1.807) is 6.26 Å². The van der Waals surface area contributed by atoms with Crippen LogP contribution in [0, 0.1) is 0 Å². The topological polar surface area (TPSA) is 44.0 Å². The summed E-state index contributed by atoms with van der Waals surface area (Å²) in [5, 5.41) is 3.43. The number of hydrogen-bond donors (Lipinski definition) is 1. The lowest BCUT2D eigenvalue weighted by atomic mass is 10.2. The third-order valence-electron chi connectivity index (χ3n) is 4.33. The zero-order chi connectivity index (χ0) is 15.8. The fourth-order valence-electron chi connectivity index (χ4n) is 3.12. The fraction of sp³-hybridized carbons (Fsp3) is 0.706. The van der Waals surface area contributed by atoms with Crippen LogP contribution < -0.4 is 5.32 Å². The molecular weight excluding hydrogens is 276 g/mol. The number of nitrogens with one attached hydrogen (secondary N) is 1. The van der Waals surface area contributed by atoms with Crippen molar-refractivity contribution in [2.45, 2.75) is 39.7 Å². The van der Waals surface area contributed by atoms with E-state index in [0.717, 1.165) is 57.4 Å². The van der Waals surface area contributed by atoms with Crippen LogP contribution in [0.15, 0.2) is 27.8 Å². The maximum Gasteiger partial charge on any atom is 0.193 e. The van der Waals surface area contributed by atoms with Crippen molar-refractivity contribution < 1.29 is 4.42 Å². The first-order chi connectivity index (χ1) is 10.8. The van der Waals surface area contributed by atoms with Crippen LogP contribution in [0.3, 0.4) is 0 Å². The Bertz CT molecular complexity index is 440. The van der Waals surface area contributed by atoms with E-state index in [1.165, 1.54) is 6.42 Å². The zero-order valence-electron chi connectivity index (χ0n) is 14.2. The van der Waals surface area contributed by atoms with Gasteiger partial charge in [0.1, 0.15) is 5.76 Å². The molecule has 1 unspecified atom stereocenters. The Labute approximate surface area is 134 Å². The lowest BCUT2D eigenvalue weighted by Gasteiger charge is -2.27. The van der Waals surface area contributed by atoms with Crippen LogP contribution in [-0.2, 0) is 6.42 Å². The molecule has 5 heteroatoms. The van der Waals surface area contributed by atoms with Crippen molar-refractivity contribution in [2.24, 2.45) is 4.99 Å². The van der Waals surface area contributed by atoms with E-state index in [4.69, 9.17) is 9.41 Å². The van der Waals surface area contributed by atoms with Gasteiger partial charge in [-0.15, -0.1) is 0 Å². The molecule has 1 aliphatic heterocycles. The van der Waals surface area contributed by atoms with E-state index in [2.05, 4.69) is 35.9 Å². The Morgan fingerprint density at radius 3 is 2.86 bits per heavy atom. The molecule has 1 aromatic heterocycles. The smallest absolute Gasteiger partial charge is 0.193 e. The molecule has 0 saturated carbocycles. The first-order valence-electron chi connectivity index (χ1n) is 8.58. The normalized spacial score (nSPS) is 19.2. The maximum atomic E-state index is 5.37. The van der Waals surface area contributed by atoms with Gasteiger partial charge in [-0.05, 0) is 38.6 Å². The molecule has 1 fully saturated rings. The molecule has 5 nitrogen and oxygen atoms in total. The summed E-state index contributed by atoms with van der Waals surface area (Å²) in [6, 6.07) is 4.60. The Hall–Kier alpha value is -1.49. The standard InChI is InChI=1S/C17H30N4O/c1-4-18-17(19-11-9-16-8-7-13-22-16)21-12-10-15(14-21)20(5-2)6-3/h7-8,13,15H,4-6,9-12,14H2,1-3H3,(H,18,19). The summed E-state index contributed by atoms with van der Waals surface area (Å²) in [5.74, 6) is 2.05. The summed E-state index contributed by atoms with van der Waals surface area (Å²) < 4.78 is 5.37. The maximum absolute atomic E-state index is 5.37. The summed E-state index contributed by atoms with van der Waals surface area (Å²) in [5.41, 5.74) is 0. The zero-order valence-corrected chi connectivity index (χ0v) is 14.2. The number of likely N-dealkylation sites (N-methyl/N-ethyl adjacent to an activating group) is 1. The molecule has 1 atom stereocenters. The number of guanidine groups is 1. The molecule has 1 N–H and O–H groups in total. The van der Waals surface area contributed by atoms with Crippen molar-refractivity contribution in [1.29, 1.82) is 0 Å². The molecule has 0 radical (unpaired) electrons. The van der Waals surface area contributed by atoms with E-state index >= 15 is 0 Å². The average molecular weight is 306 g/mol. The van der Waals surface area contributed by atoms with E-state index < -0.39 is 0 Å². The van der Waals surface area contributed by atoms with E-state index in [0.29, 0.717) is 6.04 Å². The van der Waals surface area contributed by atoms with Gasteiger partial charge in [-0.3, -0.25) is 9.89 Å². The van der Waals surface area contributed by atoms with Crippen LogP contribution in [0.2, 0.25) is 0 Å². The van der Waals surface area contributed by atoms with E-state index in [-0.39, 0.29) is 0 Å². The highest BCUT2D eigenvalue weighted by Gasteiger charge is 2.27. The molecule has 124 valence electrons. The number of likely N-dealkylation sites (tertiary alicyclic amines) is 1. The van der Waals surface area contributed by atoms with Crippen LogP contribution in [-0.4, -0.2) is 61.1 Å². The molecule has 1 aliphatic rings. The second kappa shape index (κ2) is 8.83. The van der Waals surface area contributed by atoms with Crippen LogP contribution in [0.1, 0.15) is 33.0 Å². The van der Waals surface area contributed by atoms with Crippen LogP contribution >= 0.6 is 0 Å². The molecule has 0 bridgehead atoms. The summed E-state index contributed by atoms with van der Waals surface area (Å²) in [4.78, 5) is 9.71. The molecule has 1 saturated heterocycles. The monoisotopic (exact) mass is 306 g/mol. The number of rotatable bonds is 7. The molecule has 0 spiro atoms. The van der Waals surface area contributed by atoms with Gasteiger partial charge in [0.05, 0.1) is 6.26 Å². The lowest BCUT2D eigenvalue weighted by Crippen LogP contribution is -2.43. The first-order valence-corrected chi connectivity index (χ1v) is 8.58. The second-order valence-corrected chi connectivity index (χ2v) is 5.67. The fourth-order valence-corrected chi connectivity index (χ4v) is 3.12. The summed E-state index contributed by atoms with van der Waals surface area (Å²) in [6.45, 7) is 12.7. The Morgan fingerprint density at radius 2 is 2.23 bits per heavy atom. The summed E-state index contributed by atoms with van der Waals surface area (Å²) >= 11 is 0. The third-order valence-corrected chi connectivity index (χ3v) is 4.33. The predicted molar refractivity (Wildman–Crippen MR) is 91.3 cm³/mol. The van der Waals surface area contributed by atoms with Gasteiger partial charge in [0.2, 0.25) is 0 Å². The Morgan fingerprint density at radius 1 is 1.41 bits per heavy atom. The van der Waals surface area contributed by atoms with Crippen molar-refractivity contribution in [3.63, 3.8) is 0 Å². The van der Waals surface area contributed by atoms with Gasteiger partial charge in [-0.1, -0.05) is 13.8 Å². The van der Waals surface area contributed by atoms with Crippen molar-refractivity contribution in [3.8, 4) is 0 Å². The second-order valence-electron chi connectivity index (χ2n) is 5.67. The quantitative estimate of drug-likeness (QED) is 0.619. The minimum absolute atomic E-state index is 0.656. The number of nitrogens with zero attached hydrogens (tertiary/aromatic N) is 3. The largest absolute Gasteiger partial charge is 0.469 e. The van der Waals surface area contributed by atoms with E-state index in [1.807, 2.05) is 12.1 Å². The molecular formula is C17H30N4O. The van der Waals surface area contributed by atoms with Crippen molar-refractivity contribution in [3.05, 3.63) is 24.2 Å². The van der Waals surface area contributed by atoms with Gasteiger partial charge in [0.15, 0.2) is 5.96 Å². The van der Waals surface area contributed by atoms with E-state index in [9.17, 15) is 0 Å². The average Bonchev–Trinajstić information content (AvgIpc) is 3.19. The van der Waals surface area contributed by atoms with Crippen molar-refractivity contribution in [1.82, 2.24) is 15.1 Å². The molecule has 0 amide bonds. The predicted octanol–water partition coefficient (Wildman–Crippen LogP) is 2.20. The van der Waals surface area contributed by atoms with Gasteiger partial charge in [0.25, 0.3) is 0 Å². The third kappa shape index (κ3) is 4.50. The molecule has 0 aliphatic carbocycles. The molecule has 2 heterocycles. The SMILES string of the molecule is CCNC(=NCCc1ccco1)N1CCC(N(CC)CC)C1. The molecule has 0 aromatic carbocycles. The molecule has 1 aromatic rings. The number of furan rings is 1. The number of aliphatic imine (C=N–C) groups is 1. The van der Waals surface area contributed by atoms with Crippen LogP contribution in [0.4, 0.5) is 0 Å². The summed E-state index contributed by atoms with van der Waals surface area (Å²) in [6.07, 6.45) is 3.80. The minimum Gasteiger partial charge on any atom is -0.469 e. The Balaban J connectivity index is 1.90. The highest BCUT2D eigenvalue weighted by Crippen LogP contribution is 2.15. The lowest BCUT2D eigenvalue weighted by molar-refractivity contribution is 0.223. The highest BCUT2D eigenvalue weighted by atomic mass is 16.3. The van der Waals surface area contributed by atoms with Crippen LogP contribution in [0.5, 0.6) is 0 Å². The van der Waals surface area contributed by atoms with Gasteiger partial charge >= 0.3 is 0 Å². The highest BCUT2D eigenvalue weighted by molar-refractivity contribution is 5.80. The van der Waals surface area contributed by atoms with Gasteiger partial charge in [0, 0.05) is 38.6 Å². The van der Waals surface area contributed by atoms with Gasteiger partial charge in [-0.25, -0.2) is 0 Å².